The van der Waals surface area contributed by atoms with Crippen LogP contribution in [0.3, 0.4) is 0 Å². The number of nitrogens with zero attached hydrogens (tertiary/aromatic N) is 3. The number of aromatic nitrogens is 2. The molecule has 1 aliphatic heterocycles. The maximum Gasteiger partial charge on any atom is 0.227 e. The first-order valence-corrected chi connectivity index (χ1v) is 12.2. The van der Waals surface area contributed by atoms with Gasteiger partial charge in [0.15, 0.2) is 0 Å². The average Bonchev–Trinajstić information content (AvgIpc) is 3.42. The summed E-state index contributed by atoms with van der Waals surface area (Å²) in [5.41, 5.74) is 5.12. The molecule has 0 radical (unpaired) electrons. The molecule has 1 fully saturated rings. The number of imidazole rings is 1. The summed E-state index contributed by atoms with van der Waals surface area (Å²) in [6.45, 7) is 8.39. The molecular formula is C29H31N3O3. The van der Waals surface area contributed by atoms with Crippen LogP contribution in [0.25, 0.3) is 11.0 Å². The van der Waals surface area contributed by atoms with Gasteiger partial charge in [0.25, 0.3) is 0 Å². The van der Waals surface area contributed by atoms with Crippen molar-refractivity contribution in [3.63, 3.8) is 0 Å². The molecule has 0 bridgehead atoms. The van der Waals surface area contributed by atoms with E-state index in [0.717, 1.165) is 39.6 Å². The van der Waals surface area contributed by atoms with Crippen molar-refractivity contribution in [3.05, 3.63) is 83.7 Å². The molecule has 0 N–H and O–H groups in total. The zero-order valence-corrected chi connectivity index (χ0v) is 20.5. The number of benzene rings is 3. The Kier molecular flexibility index (Phi) is 6.45. The number of carbonyl (C=O) groups is 1. The van der Waals surface area contributed by atoms with E-state index in [1.165, 1.54) is 5.56 Å². The van der Waals surface area contributed by atoms with Gasteiger partial charge in [-0.1, -0.05) is 36.4 Å². The molecule has 1 atom stereocenters. The smallest absolute Gasteiger partial charge is 0.227 e. The molecule has 6 heteroatoms. The van der Waals surface area contributed by atoms with Crippen LogP contribution in [0.1, 0.15) is 36.2 Å². The van der Waals surface area contributed by atoms with Crippen molar-refractivity contribution in [2.45, 2.75) is 39.7 Å². The second-order valence-electron chi connectivity index (χ2n) is 9.03. The van der Waals surface area contributed by atoms with Crippen molar-refractivity contribution >= 4 is 22.6 Å². The van der Waals surface area contributed by atoms with E-state index in [4.69, 9.17) is 14.5 Å². The van der Waals surface area contributed by atoms with E-state index in [1.54, 1.807) is 0 Å². The van der Waals surface area contributed by atoms with Gasteiger partial charge in [0.2, 0.25) is 5.91 Å². The summed E-state index contributed by atoms with van der Waals surface area (Å²) in [6, 6.07) is 22.1. The molecule has 0 saturated carbocycles. The van der Waals surface area contributed by atoms with Crippen LogP contribution < -0.4 is 14.4 Å². The Labute approximate surface area is 206 Å². The highest BCUT2D eigenvalue weighted by Gasteiger charge is 2.36. The number of anilines is 1. The second-order valence-corrected chi connectivity index (χ2v) is 9.03. The number of hydrogen-bond acceptors (Lipinski definition) is 4. The highest BCUT2D eigenvalue weighted by molar-refractivity contribution is 5.97. The van der Waals surface area contributed by atoms with Crippen LogP contribution in [0.2, 0.25) is 0 Å². The van der Waals surface area contributed by atoms with Crippen molar-refractivity contribution in [1.82, 2.24) is 9.55 Å². The molecule has 1 unspecified atom stereocenters. The van der Waals surface area contributed by atoms with Crippen LogP contribution in [0.15, 0.2) is 66.7 Å². The summed E-state index contributed by atoms with van der Waals surface area (Å²) in [5, 5.41) is 0. The third-order valence-corrected chi connectivity index (χ3v) is 6.55. The predicted molar refractivity (Wildman–Crippen MR) is 138 cm³/mol. The number of para-hydroxylation sites is 4. The number of amides is 1. The highest BCUT2D eigenvalue weighted by atomic mass is 16.5. The summed E-state index contributed by atoms with van der Waals surface area (Å²) in [4.78, 5) is 19.9. The molecule has 6 nitrogen and oxygen atoms in total. The first-order valence-electron chi connectivity index (χ1n) is 12.2. The van der Waals surface area contributed by atoms with E-state index >= 15 is 0 Å². The van der Waals surface area contributed by atoms with Gasteiger partial charge in [-0.2, -0.15) is 0 Å². The molecule has 1 saturated heterocycles. The number of ether oxygens (including phenoxy) is 2. The Bertz CT molecular complexity index is 1360. The number of fused-ring (bicyclic) bond motifs is 1. The van der Waals surface area contributed by atoms with Crippen LogP contribution in [0, 0.1) is 13.8 Å². The van der Waals surface area contributed by atoms with E-state index < -0.39 is 0 Å². The molecule has 1 amide bonds. The van der Waals surface area contributed by atoms with Gasteiger partial charge >= 0.3 is 0 Å². The molecule has 2 heterocycles. The van der Waals surface area contributed by atoms with Crippen LogP contribution in [-0.4, -0.2) is 35.2 Å². The van der Waals surface area contributed by atoms with E-state index in [1.807, 2.05) is 54.3 Å². The van der Waals surface area contributed by atoms with E-state index in [0.29, 0.717) is 32.7 Å². The topological polar surface area (TPSA) is 56.6 Å². The van der Waals surface area contributed by atoms with Gasteiger partial charge in [-0.3, -0.25) is 4.79 Å². The van der Waals surface area contributed by atoms with Gasteiger partial charge in [-0.05, 0) is 62.2 Å². The first kappa shape index (κ1) is 23.0. The maximum absolute atomic E-state index is 13.1. The van der Waals surface area contributed by atoms with Gasteiger partial charge < -0.3 is 18.9 Å². The fourth-order valence-corrected chi connectivity index (χ4v) is 4.82. The Hall–Kier alpha value is -3.80. The lowest BCUT2D eigenvalue weighted by atomic mass is 10.1. The van der Waals surface area contributed by atoms with Crippen LogP contribution in [-0.2, 0) is 11.3 Å². The van der Waals surface area contributed by atoms with Crippen LogP contribution in [0.5, 0.6) is 11.5 Å². The SMILES string of the molecule is CCOc1ccccc1N1CC(c2nc3ccccc3n2CCOc2cc(C)ccc2C)CC1=O. The molecule has 180 valence electrons. The fraction of sp³-hybridized carbons (Fsp3) is 0.310. The molecule has 0 spiro atoms. The minimum absolute atomic E-state index is 0.00899. The molecule has 0 aliphatic carbocycles. The van der Waals surface area contributed by atoms with Crippen molar-refractivity contribution in [3.8, 4) is 11.5 Å². The Balaban J connectivity index is 1.41. The molecule has 4 aromatic rings. The zero-order valence-electron chi connectivity index (χ0n) is 20.5. The van der Waals surface area contributed by atoms with Crippen molar-refractivity contribution in [1.29, 1.82) is 0 Å². The van der Waals surface area contributed by atoms with E-state index in [-0.39, 0.29) is 11.8 Å². The van der Waals surface area contributed by atoms with Gasteiger partial charge in [-0.15, -0.1) is 0 Å². The number of rotatable bonds is 8. The lowest BCUT2D eigenvalue weighted by molar-refractivity contribution is -0.117. The largest absolute Gasteiger partial charge is 0.492 e. The van der Waals surface area contributed by atoms with Crippen molar-refractivity contribution in [2.24, 2.45) is 0 Å². The van der Waals surface area contributed by atoms with Crippen molar-refractivity contribution < 1.29 is 14.3 Å². The van der Waals surface area contributed by atoms with Crippen LogP contribution >= 0.6 is 0 Å². The Morgan fingerprint density at radius 2 is 1.77 bits per heavy atom. The standard InChI is InChI=1S/C29H31N3O3/c1-4-34-26-12-8-7-11-25(26)32-19-22(18-28(32)33)29-30-23-9-5-6-10-24(23)31(29)15-16-35-27-17-20(2)13-14-21(27)3/h5-14,17,22H,4,15-16,18-19H2,1-3H3. The number of aryl methyl sites for hydroxylation is 2. The minimum atomic E-state index is -0.00899. The fourth-order valence-electron chi connectivity index (χ4n) is 4.82. The Morgan fingerprint density at radius 3 is 2.63 bits per heavy atom. The molecular weight excluding hydrogens is 438 g/mol. The minimum Gasteiger partial charge on any atom is -0.492 e. The maximum atomic E-state index is 13.1. The van der Waals surface area contributed by atoms with Gasteiger partial charge in [0.05, 0.1) is 29.9 Å². The molecule has 3 aromatic carbocycles. The number of hydrogen-bond donors (Lipinski definition) is 0. The monoisotopic (exact) mass is 469 g/mol. The first-order chi connectivity index (χ1) is 17.0. The normalized spacial score (nSPS) is 15.7. The van der Waals surface area contributed by atoms with Crippen LogP contribution in [0.4, 0.5) is 5.69 Å². The van der Waals surface area contributed by atoms with Crippen molar-refractivity contribution in [2.75, 3.05) is 24.7 Å². The lowest BCUT2D eigenvalue weighted by Crippen LogP contribution is -2.25. The quantitative estimate of drug-likeness (QED) is 0.335. The summed E-state index contributed by atoms with van der Waals surface area (Å²) >= 11 is 0. The third kappa shape index (κ3) is 4.61. The lowest BCUT2D eigenvalue weighted by Gasteiger charge is -2.20. The van der Waals surface area contributed by atoms with Gasteiger partial charge in [-0.25, -0.2) is 4.98 Å². The molecule has 1 aliphatic rings. The number of carbonyl (C=O) groups excluding carboxylic acids is 1. The highest BCUT2D eigenvalue weighted by Crippen LogP contribution is 2.37. The van der Waals surface area contributed by atoms with E-state index in [2.05, 4.69) is 42.7 Å². The predicted octanol–water partition coefficient (Wildman–Crippen LogP) is 5.65. The van der Waals surface area contributed by atoms with Gasteiger partial charge in [0, 0.05) is 18.9 Å². The average molecular weight is 470 g/mol. The van der Waals surface area contributed by atoms with E-state index in [9.17, 15) is 4.79 Å². The summed E-state index contributed by atoms with van der Waals surface area (Å²) in [7, 11) is 0. The molecule has 5 rings (SSSR count). The summed E-state index contributed by atoms with van der Waals surface area (Å²) in [6.07, 6.45) is 0.418. The third-order valence-electron chi connectivity index (χ3n) is 6.55. The van der Waals surface area contributed by atoms with Gasteiger partial charge in [0.1, 0.15) is 23.9 Å². The molecule has 35 heavy (non-hydrogen) atoms. The summed E-state index contributed by atoms with van der Waals surface area (Å²) < 4.78 is 14.2. The summed E-state index contributed by atoms with van der Waals surface area (Å²) in [5.74, 6) is 2.66. The zero-order chi connectivity index (χ0) is 24.4. The Morgan fingerprint density at radius 1 is 0.971 bits per heavy atom. The molecule has 1 aromatic heterocycles. The second kappa shape index (κ2) is 9.82.